The van der Waals surface area contributed by atoms with Crippen LogP contribution in [0.5, 0.6) is 23.0 Å². The number of hydrogen-bond donors (Lipinski definition) is 6. The maximum atomic E-state index is 11.7. The van der Waals surface area contributed by atoms with Crippen LogP contribution < -0.4 is 10.5 Å². The minimum absolute atomic E-state index is 0.0487. The third-order valence-corrected chi connectivity index (χ3v) is 4.81. The number of carboxylic acids is 1. The molecule has 8 heteroatoms. The lowest BCUT2D eigenvalue weighted by molar-refractivity contribution is -0.0538. The van der Waals surface area contributed by atoms with Crippen LogP contribution in [0, 0.1) is 0 Å². The van der Waals surface area contributed by atoms with Crippen molar-refractivity contribution < 1.29 is 35.1 Å². The fourth-order valence-electron chi connectivity index (χ4n) is 3.26. The van der Waals surface area contributed by atoms with E-state index in [4.69, 9.17) is 20.7 Å². The van der Waals surface area contributed by atoms with Gasteiger partial charge in [-0.1, -0.05) is 30.3 Å². The van der Waals surface area contributed by atoms with Gasteiger partial charge in [-0.15, -0.1) is 0 Å². The van der Waals surface area contributed by atoms with E-state index in [1.807, 2.05) is 0 Å². The number of fused-ring (bicyclic) bond motifs is 2. The second-order valence-electron chi connectivity index (χ2n) is 7.14. The molecule has 8 nitrogen and oxygen atoms in total. The van der Waals surface area contributed by atoms with Gasteiger partial charge in [-0.2, -0.15) is 0 Å². The first kappa shape index (κ1) is 22.1. The third-order valence-electron chi connectivity index (χ3n) is 4.81. The number of aromatic carboxylic acids is 1. The summed E-state index contributed by atoms with van der Waals surface area (Å²) in [5.74, 6) is -0.429. The number of aliphatic hydroxyl groups is 2. The Kier molecular flexibility index (Phi) is 6.45. The second kappa shape index (κ2) is 9.05. The van der Waals surface area contributed by atoms with Gasteiger partial charge < -0.3 is 36.0 Å². The molecule has 7 N–H and O–H groups in total. The number of phenols is 2. The fraction of sp³-hybridized carbons (Fsp3) is 0.174. The molecule has 0 saturated carbocycles. The van der Waals surface area contributed by atoms with Gasteiger partial charge in [0.25, 0.3) is 0 Å². The molecule has 1 aliphatic heterocycles. The van der Waals surface area contributed by atoms with Crippen molar-refractivity contribution in [1.82, 2.24) is 0 Å². The number of ether oxygens (including phenoxy) is 1. The molecule has 162 valence electrons. The smallest absolute Gasteiger partial charge is 0.335 e. The number of rotatable bonds is 3. The van der Waals surface area contributed by atoms with Crippen molar-refractivity contribution in [3.05, 3.63) is 82.9 Å². The van der Waals surface area contributed by atoms with Crippen LogP contribution in [-0.2, 0) is 0 Å². The minimum Gasteiger partial charge on any atom is -0.508 e. The molecule has 0 bridgehead atoms. The van der Waals surface area contributed by atoms with E-state index in [9.17, 15) is 20.1 Å². The molecular formula is C23H23NO7. The molecule has 1 unspecified atom stereocenters. The Bertz CT molecular complexity index is 1040. The van der Waals surface area contributed by atoms with E-state index in [1.54, 1.807) is 48.5 Å². The van der Waals surface area contributed by atoms with Gasteiger partial charge in [0.1, 0.15) is 23.0 Å². The van der Waals surface area contributed by atoms with E-state index in [1.165, 1.54) is 19.1 Å². The van der Waals surface area contributed by atoms with Crippen molar-refractivity contribution in [3.8, 4) is 23.0 Å². The highest BCUT2D eigenvalue weighted by molar-refractivity contribution is 5.90. The number of aliphatic hydroxyl groups excluding tert-OH is 1. The average molecular weight is 425 g/mol. The lowest BCUT2D eigenvalue weighted by Gasteiger charge is -2.29. The maximum Gasteiger partial charge on any atom is 0.335 e. The number of carbonyl (C=O) groups is 1. The molecule has 3 aromatic rings. The first-order valence-electron chi connectivity index (χ1n) is 9.46. The van der Waals surface area contributed by atoms with Gasteiger partial charge in [-0.3, -0.25) is 0 Å². The van der Waals surface area contributed by atoms with Gasteiger partial charge >= 0.3 is 5.97 Å². The highest BCUT2D eigenvalue weighted by Gasteiger charge is 2.31. The predicted molar refractivity (Wildman–Crippen MR) is 113 cm³/mol. The molecule has 0 radical (unpaired) electrons. The fourth-order valence-corrected chi connectivity index (χ4v) is 3.26. The molecule has 0 saturated heterocycles. The molecule has 3 aromatic carbocycles. The summed E-state index contributed by atoms with van der Waals surface area (Å²) < 4.78 is 5.82. The molecular weight excluding hydrogens is 402 g/mol. The summed E-state index contributed by atoms with van der Waals surface area (Å²) in [7, 11) is 0. The Morgan fingerprint density at radius 3 is 1.84 bits per heavy atom. The molecule has 0 aromatic heterocycles. The highest BCUT2D eigenvalue weighted by Crippen LogP contribution is 2.49. The van der Waals surface area contributed by atoms with Crippen molar-refractivity contribution >= 4 is 5.97 Å². The van der Waals surface area contributed by atoms with Crippen LogP contribution >= 0.6 is 0 Å². The summed E-state index contributed by atoms with van der Waals surface area (Å²) in [5.41, 5.74) is 7.27. The molecule has 1 atom stereocenters. The Hall–Kier alpha value is -3.59. The zero-order valence-electron chi connectivity index (χ0n) is 16.6. The van der Waals surface area contributed by atoms with E-state index in [0.29, 0.717) is 17.1 Å². The zero-order chi connectivity index (χ0) is 22.7. The van der Waals surface area contributed by atoms with Crippen LogP contribution in [0.4, 0.5) is 0 Å². The van der Waals surface area contributed by atoms with Crippen LogP contribution in [0.3, 0.4) is 0 Å². The lowest BCUT2D eigenvalue weighted by atomic mass is 9.80. The lowest BCUT2D eigenvalue weighted by Crippen LogP contribution is -2.30. The first-order chi connectivity index (χ1) is 14.7. The van der Waals surface area contributed by atoms with Gasteiger partial charge in [-0.25, -0.2) is 4.79 Å². The number of hydrogen-bond acceptors (Lipinski definition) is 7. The van der Waals surface area contributed by atoms with Crippen molar-refractivity contribution in [1.29, 1.82) is 0 Å². The normalized spacial score (nSPS) is 13.3. The van der Waals surface area contributed by atoms with Crippen molar-refractivity contribution in [2.24, 2.45) is 5.73 Å². The Morgan fingerprint density at radius 2 is 1.39 bits per heavy atom. The summed E-state index contributed by atoms with van der Waals surface area (Å²) in [4.78, 5) is 11.7. The number of benzene rings is 3. The Morgan fingerprint density at radius 1 is 0.903 bits per heavy atom. The summed E-state index contributed by atoms with van der Waals surface area (Å²) in [6.07, 6.45) is -1.37. The van der Waals surface area contributed by atoms with Crippen molar-refractivity contribution in [2.75, 3.05) is 0 Å². The van der Waals surface area contributed by atoms with Crippen LogP contribution in [0.15, 0.2) is 60.7 Å². The SMILES string of the molecule is CC(N)C(O)O.O=C(O)c1ccccc1C1c2ccc(O)cc2Oc2cc(O)ccc21. The summed E-state index contributed by atoms with van der Waals surface area (Å²) in [6, 6.07) is 15.8. The van der Waals surface area contributed by atoms with Crippen LogP contribution in [-0.4, -0.2) is 43.8 Å². The van der Waals surface area contributed by atoms with Gasteiger partial charge in [0, 0.05) is 29.2 Å². The summed E-state index contributed by atoms with van der Waals surface area (Å²) >= 11 is 0. The van der Waals surface area contributed by atoms with Gasteiger partial charge in [0.05, 0.1) is 11.6 Å². The topological polar surface area (TPSA) is 153 Å². The van der Waals surface area contributed by atoms with Crippen LogP contribution in [0.2, 0.25) is 0 Å². The molecule has 1 heterocycles. The number of carboxylic acid groups (broad SMARTS) is 1. The predicted octanol–water partition coefficient (Wildman–Crippen LogP) is 2.73. The molecule has 31 heavy (non-hydrogen) atoms. The molecule has 1 aliphatic rings. The van der Waals surface area contributed by atoms with Crippen LogP contribution in [0.25, 0.3) is 0 Å². The molecule has 0 spiro atoms. The van der Waals surface area contributed by atoms with E-state index >= 15 is 0 Å². The monoisotopic (exact) mass is 425 g/mol. The largest absolute Gasteiger partial charge is 0.508 e. The summed E-state index contributed by atoms with van der Waals surface area (Å²) in [6.45, 7) is 1.52. The average Bonchev–Trinajstić information content (AvgIpc) is 2.72. The minimum atomic E-state index is -1.37. The van der Waals surface area contributed by atoms with Crippen LogP contribution in [0.1, 0.15) is 39.9 Å². The molecule has 0 fully saturated rings. The zero-order valence-corrected chi connectivity index (χ0v) is 16.6. The standard InChI is InChI=1S/C20H14O5.C3H9NO2/c21-11-5-7-15-17(9-11)25-18-10-12(22)6-8-16(18)19(15)13-3-1-2-4-14(13)20(23)24;1-2(4)3(5)6/h1-10,19,21-22H,(H,23,24);2-3,5-6H,4H2,1H3. The van der Waals surface area contributed by atoms with Gasteiger partial charge in [-0.05, 0) is 30.7 Å². The van der Waals surface area contributed by atoms with Crippen molar-refractivity contribution in [3.63, 3.8) is 0 Å². The molecule has 0 amide bonds. The maximum absolute atomic E-state index is 11.7. The van der Waals surface area contributed by atoms with E-state index in [0.717, 1.165) is 11.1 Å². The Balaban J connectivity index is 0.000000401. The van der Waals surface area contributed by atoms with Crippen molar-refractivity contribution in [2.45, 2.75) is 25.2 Å². The van der Waals surface area contributed by atoms with E-state index in [2.05, 4.69) is 0 Å². The number of phenolic OH excluding ortho intramolecular Hbond substituents is 2. The van der Waals surface area contributed by atoms with E-state index < -0.39 is 18.3 Å². The quantitative estimate of drug-likeness (QED) is 0.274. The highest BCUT2D eigenvalue weighted by atomic mass is 16.5. The second-order valence-corrected chi connectivity index (χ2v) is 7.14. The number of aromatic hydroxyl groups is 2. The Labute approximate surface area is 178 Å². The molecule has 0 aliphatic carbocycles. The number of nitrogens with two attached hydrogens (primary N) is 1. The molecule has 4 rings (SSSR count). The van der Waals surface area contributed by atoms with Gasteiger partial charge in [0.15, 0.2) is 6.29 Å². The summed E-state index contributed by atoms with van der Waals surface area (Å²) in [5, 5.41) is 45.2. The first-order valence-corrected chi connectivity index (χ1v) is 9.46. The van der Waals surface area contributed by atoms with E-state index in [-0.39, 0.29) is 23.0 Å². The third kappa shape index (κ3) is 4.77. The van der Waals surface area contributed by atoms with Gasteiger partial charge in [0.2, 0.25) is 0 Å².